The van der Waals surface area contributed by atoms with Crippen LogP contribution in [-0.4, -0.2) is 36.5 Å². The van der Waals surface area contributed by atoms with Gasteiger partial charge in [-0.3, -0.25) is 9.69 Å². The second kappa shape index (κ2) is 8.05. The maximum Gasteiger partial charge on any atom is 0.238 e. The monoisotopic (exact) mass is 337 g/mol. The van der Waals surface area contributed by atoms with Crippen LogP contribution in [0.15, 0.2) is 18.2 Å². The molecule has 0 aliphatic carbocycles. The molecule has 1 aromatic rings. The van der Waals surface area contributed by atoms with E-state index in [0.717, 1.165) is 19.4 Å². The molecule has 1 heterocycles. The van der Waals surface area contributed by atoms with E-state index in [4.69, 9.17) is 28.9 Å². The van der Waals surface area contributed by atoms with Gasteiger partial charge in [-0.25, -0.2) is 0 Å². The number of benzene rings is 1. The van der Waals surface area contributed by atoms with Gasteiger partial charge in [0.1, 0.15) is 0 Å². The maximum absolute atomic E-state index is 12.0. The molecular weight excluding hydrogens is 321 g/mol. The van der Waals surface area contributed by atoms with Gasteiger partial charge < -0.3 is 11.1 Å². The molecule has 1 atom stereocenters. The van der Waals surface area contributed by atoms with Gasteiger partial charge in [-0.15, -0.1) is 12.4 Å². The van der Waals surface area contributed by atoms with Crippen LogP contribution in [-0.2, 0) is 4.79 Å². The summed E-state index contributed by atoms with van der Waals surface area (Å²) in [5.74, 6) is -0.0930. The molecular formula is C13H18Cl3N3O. The van der Waals surface area contributed by atoms with Crippen molar-refractivity contribution in [3.63, 3.8) is 0 Å². The van der Waals surface area contributed by atoms with E-state index in [-0.39, 0.29) is 18.3 Å². The van der Waals surface area contributed by atoms with Crippen molar-refractivity contribution in [3.05, 3.63) is 28.2 Å². The molecule has 1 saturated heterocycles. The molecule has 112 valence electrons. The Morgan fingerprint density at radius 2 is 2.20 bits per heavy atom. The van der Waals surface area contributed by atoms with Gasteiger partial charge in [-0.1, -0.05) is 29.3 Å². The minimum absolute atomic E-state index is 0. The Hall–Kier alpha value is -0.520. The topological polar surface area (TPSA) is 58.4 Å². The van der Waals surface area contributed by atoms with E-state index in [2.05, 4.69) is 10.2 Å². The lowest BCUT2D eigenvalue weighted by Crippen LogP contribution is -2.40. The highest BCUT2D eigenvalue weighted by Crippen LogP contribution is 2.29. The van der Waals surface area contributed by atoms with Crippen molar-refractivity contribution in [2.75, 3.05) is 25.0 Å². The van der Waals surface area contributed by atoms with Gasteiger partial charge in [0.2, 0.25) is 5.91 Å². The summed E-state index contributed by atoms with van der Waals surface area (Å²) < 4.78 is 0. The number of hydrogen-bond acceptors (Lipinski definition) is 3. The van der Waals surface area contributed by atoms with Gasteiger partial charge in [0.05, 0.1) is 22.3 Å². The van der Waals surface area contributed by atoms with E-state index < -0.39 is 0 Å². The minimum Gasteiger partial charge on any atom is -0.329 e. The number of rotatable bonds is 4. The van der Waals surface area contributed by atoms with E-state index in [1.807, 2.05) is 0 Å². The van der Waals surface area contributed by atoms with E-state index in [9.17, 15) is 4.79 Å². The maximum atomic E-state index is 12.0. The van der Waals surface area contributed by atoms with Gasteiger partial charge in [0, 0.05) is 12.6 Å². The molecule has 0 radical (unpaired) electrons. The zero-order chi connectivity index (χ0) is 13.8. The van der Waals surface area contributed by atoms with Crippen molar-refractivity contribution < 1.29 is 4.79 Å². The molecule has 1 aromatic carbocycles. The SMILES string of the molecule is Cl.NCC1CCCN1CC(=O)Nc1cccc(Cl)c1Cl. The van der Waals surface area contributed by atoms with E-state index in [1.54, 1.807) is 18.2 Å². The molecule has 1 fully saturated rings. The van der Waals surface area contributed by atoms with Gasteiger partial charge in [0.15, 0.2) is 0 Å². The third kappa shape index (κ3) is 4.24. The highest BCUT2D eigenvalue weighted by Gasteiger charge is 2.25. The first-order valence-corrected chi connectivity index (χ1v) is 7.05. The van der Waals surface area contributed by atoms with Crippen LogP contribution < -0.4 is 11.1 Å². The Balaban J connectivity index is 0.00000200. The standard InChI is InChI=1S/C13H17Cl2N3O.ClH/c14-10-4-1-5-11(13(10)15)17-12(19)8-18-6-2-3-9(18)7-16;/h1,4-5,9H,2-3,6-8,16H2,(H,17,19);1H. The van der Waals surface area contributed by atoms with Crippen molar-refractivity contribution >= 4 is 47.2 Å². The van der Waals surface area contributed by atoms with Crippen LogP contribution in [0.2, 0.25) is 10.0 Å². The summed E-state index contributed by atoms with van der Waals surface area (Å²) in [5, 5.41) is 3.59. The summed E-state index contributed by atoms with van der Waals surface area (Å²) in [7, 11) is 0. The third-order valence-corrected chi connectivity index (χ3v) is 4.16. The summed E-state index contributed by atoms with van der Waals surface area (Å²) in [4.78, 5) is 14.1. The smallest absolute Gasteiger partial charge is 0.238 e. The zero-order valence-corrected chi connectivity index (χ0v) is 13.3. The number of carbonyl (C=O) groups excluding carboxylic acids is 1. The lowest BCUT2D eigenvalue weighted by Gasteiger charge is -2.22. The quantitative estimate of drug-likeness (QED) is 0.887. The third-order valence-electron chi connectivity index (χ3n) is 3.34. The first kappa shape index (κ1) is 17.5. The van der Waals surface area contributed by atoms with Crippen molar-refractivity contribution in [2.24, 2.45) is 5.73 Å². The number of halogens is 3. The van der Waals surface area contributed by atoms with Crippen LogP contribution in [0.5, 0.6) is 0 Å². The number of likely N-dealkylation sites (tertiary alicyclic amines) is 1. The highest BCUT2D eigenvalue weighted by molar-refractivity contribution is 6.43. The van der Waals surface area contributed by atoms with Crippen LogP contribution in [0.1, 0.15) is 12.8 Å². The summed E-state index contributed by atoms with van der Waals surface area (Å²) in [5.41, 5.74) is 6.23. The van der Waals surface area contributed by atoms with Crippen LogP contribution in [0, 0.1) is 0 Å². The number of amides is 1. The fraction of sp³-hybridized carbons (Fsp3) is 0.462. The van der Waals surface area contributed by atoms with Crippen LogP contribution >= 0.6 is 35.6 Å². The molecule has 0 bridgehead atoms. The summed E-state index contributed by atoms with van der Waals surface area (Å²) in [6.45, 7) is 1.84. The second-order valence-corrected chi connectivity index (χ2v) is 5.44. The predicted molar refractivity (Wildman–Crippen MR) is 86.0 cm³/mol. The zero-order valence-electron chi connectivity index (χ0n) is 10.9. The van der Waals surface area contributed by atoms with Crippen LogP contribution in [0.4, 0.5) is 5.69 Å². The molecule has 4 nitrogen and oxygen atoms in total. The average Bonchev–Trinajstić information content (AvgIpc) is 2.82. The summed E-state index contributed by atoms with van der Waals surface area (Å²) in [6.07, 6.45) is 2.15. The Kier molecular flexibility index (Phi) is 7.06. The van der Waals surface area contributed by atoms with Crippen molar-refractivity contribution in [1.29, 1.82) is 0 Å². The van der Waals surface area contributed by atoms with Gasteiger partial charge >= 0.3 is 0 Å². The molecule has 0 aromatic heterocycles. The Bertz CT molecular complexity index is 470. The number of nitrogens with one attached hydrogen (secondary N) is 1. The average molecular weight is 339 g/mol. The lowest BCUT2D eigenvalue weighted by molar-refractivity contribution is -0.117. The van der Waals surface area contributed by atoms with Crippen molar-refractivity contribution in [3.8, 4) is 0 Å². The Morgan fingerprint density at radius 3 is 2.90 bits per heavy atom. The number of hydrogen-bond donors (Lipinski definition) is 2. The van der Waals surface area contributed by atoms with E-state index >= 15 is 0 Å². The normalized spacial score (nSPS) is 18.6. The van der Waals surface area contributed by atoms with E-state index in [1.165, 1.54) is 0 Å². The highest BCUT2D eigenvalue weighted by atomic mass is 35.5. The molecule has 0 spiro atoms. The van der Waals surface area contributed by atoms with Crippen molar-refractivity contribution in [1.82, 2.24) is 4.90 Å². The molecule has 2 rings (SSSR count). The van der Waals surface area contributed by atoms with Crippen LogP contribution in [0.25, 0.3) is 0 Å². The van der Waals surface area contributed by atoms with Gasteiger partial charge in [-0.05, 0) is 31.5 Å². The summed E-state index contributed by atoms with van der Waals surface area (Å²) in [6, 6.07) is 5.48. The molecule has 20 heavy (non-hydrogen) atoms. The number of nitrogens with zero attached hydrogens (tertiary/aromatic N) is 1. The molecule has 1 aliphatic heterocycles. The molecule has 1 aliphatic rings. The fourth-order valence-electron chi connectivity index (χ4n) is 2.34. The molecule has 7 heteroatoms. The fourth-order valence-corrected chi connectivity index (χ4v) is 2.69. The largest absolute Gasteiger partial charge is 0.329 e. The summed E-state index contributed by atoms with van der Waals surface area (Å²) >= 11 is 11.9. The van der Waals surface area contributed by atoms with Gasteiger partial charge in [-0.2, -0.15) is 0 Å². The predicted octanol–water partition coefficient (Wildman–Crippen LogP) is 2.78. The van der Waals surface area contributed by atoms with Crippen molar-refractivity contribution in [2.45, 2.75) is 18.9 Å². The number of anilines is 1. The first-order chi connectivity index (χ1) is 9.11. The van der Waals surface area contributed by atoms with E-state index in [0.29, 0.717) is 34.9 Å². The number of nitrogens with two attached hydrogens (primary N) is 1. The Labute approximate surface area is 135 Å². The Morgan fingerprint density at radius 1 is 1.45 bits per heavy atom. The van der Waals surface area contributed by atoms with Gasteiger partial charge in [0.25, 0.3) is 0 Å². The first-order valence-electron chi connectivity index (χ1n) is 6.30. The van der Waals surface area contributed by atoms with Crippen LogP contribution in [0.3, 0.4) is 0 Å². The molecule has 1 amide bonds. The number of carbonyl (C=O) groups is 1. The minimum atomic E-state index is -0.0930. The lowest BCUT2D eigenvalue weighted by atomic mass is 10.2. The molecule has 1 unspecified atom stereocenters. The molecule has 3 N–H and O–H groups in total. The second-order valence-electron chi connectivity index (χ2n) is 4.65. The molecule has 0 saturated carbocycles.